The van der Waals surface area contributed by atoms with E-state index in [0.717, 1.165) is 29.5 Å². The highest BCUT2D eigenvalue weighted by atomic mass is 32.2. The summed E-state index contributed by atoms with van der Waals surface area (Å²) in [6, 6.07) is 24.5. The minimum absolute atomic E-state index is 0.0350. The molecule has 0 bridgehead atoms. The standard InChI is InChI=1S/C27H28O4S.C2H6/c1-19-8-15-25(16-9-19)32(29,30)31-18-24-14-17-26(20(24)2)27(28)23-12-10-22(11-13-23)21-6-4-3-5-7-21;1-2/h3-13,15-16,20,24,26H,14,17-18H2,1-2H3;1-2H3/t20-,24-,26?;/m0./s1. The van der Waals surface area contributed by atoms with Gasteiger partial charge >= 0.3 is 0 Å². The number of carbonyl (C=O) groups excluding carboxylic acids is 1. The van der Waals surface area contributed by atoms with Crippen LogP contribution in [0.4, 0.5) is 0 Å². The molecule has 1 aliphatic carbocycles. The van der Waals surface area contributed by atoms with E-state index in [1.165, 1.54) is 0 Å². The number of Topliss-reactive ketones (excluding diaryl/α,β-unsaturated/α-hetero) is 1. The first-order valence-electron chi connectivity index (χ1n) is 12.0. The summed E-state index contributed by atoms with van der Waals surface area (Å²) >= 11 is 0. The summed E-state index contributed by atoms with van der Waals surface area (Å²) in [5.74, 6) is 0.103. The van der Waals surface area contributed by atoms with Gasteiger partial charge in [-0.1, -0.05) is 93.1 Å². The topological polar surface area (TPSA) is 60.4 Å². The first-order valence-corrected chi connectivity index (χ1v) is 13.4. The Morgan fingerprint density at radius 1 is 0.853 bits per heavy atom. The van der Waals surface area contributed by atoms with Gasteiger partial charge in [0, 0.05) is 11.5 Å². The molecule has 0 amide bonds. The lowest BCUT2D eigenvalue weighted by molar-refractivity contribution is 0.0879. The molecule has 3 aromatic rings. The molecule has 1 fully saturated rings. The second-order valence-corrected chi connectivity index (χ2v) is 10.3. The summed E-state index contributed by atoms with van der Waals surface area (Å²) in [5.41, 5.74) is 3.89. The van der Waals surface area contributed by atoms with Crippen LogP contribution in [-0.2, 0) is 14.3 Å². The molecule has 180 valence electrons. The SMILES string of the molecule is CC.Cc1ccc(S(=O)(=O)OC[C@@H]2CCC(C(=O)c3ccc(-c4ccccc4)cc3)[C@H]2C)cc1. The van der Waals surface area contributed by atoms with E-state index in [2.05, 4.69) is 0 Å². The largest absolute Gasteiger partial charge is 0.296 e. The summed E-state index contributed by atoms with van der Waals surface area (Å²) < 4.78 is 30.4. The quantitative estimate of drug-likeness (QED) is 0.273. The van der Waals surface area contributed by atoms with Crippen molar-refractivity contribution in [1.82, 2.24) is 0 Å². The predicted molar refractivity (Wildman–Crippen MR) is 137 cm³/mol. The van der Waals surface area contributed by atoms with Gasteiger partial charge in [-0.05, 0) is 54.9 Å². The molecule has 34 heavy (non-hydrogen) atoms. The van der Waals surface area contributed by atoms with Crippen molar-refractivity contribution in [2.24, 2.45) is 17.8 Å². The van der Waals surface area contributed by atoms with Gasteiger partial charge in [0.1, 0.15) is 0 Å². The van der Waals surface area contributed by atoms with E-state index in [0.29, 0.717) is 5.56 Å². The first kappa shape index (κ1) is 25.9. The number of hydrogen-bond donors (Lipinski definition) is 0. The van der Waals surface area contributed by atoms with Crippen molar-refractivity contribution in [1.29, 1.82) is 0 Å². The highest BCUT2D eigenvalue weighted by Gasteiger charge is 2.38. The molecule has 1 aliphatic rings. The second kappa shape index (κ2) is 11.6. The van der Waals surface area contributed by atoms with Crippen LogP contribution in [0, 0.1) is 24.7 Å². The Morgan fingerprint density at radius 2 is 1.44 bits per heavy atom. The van der Waals surface area contributed by atoms with Crippen molar-refractivity contribution in [2.75, 3.05) is 6.61 Å². The molecule has 5 heteroatoms. The Balaban J connectivity index is 0.00000158. The lowest BCUT2D eigenvalue weighted by atomic mass is 9.86. The van der Waals surface area contributed by atoms with E-state index < -0.39 is 10.1 Å². The summed E-state index contributed by atoms with van der Waals surface area (Å²) in [6.45, 7) is 8.04. The Labute approximate surface area is 204 Å². The van der Waals surface area contributed by atoms with Crippen LogP contribution in [0.1, 0.15) is 49.5 Å². The average Bonchev–Trinajstić information content (AvgIpc) is 3.24. The monoisotopic (exact) mass is 478 g/mol. The van der Waals surface area contributed by atoms with Crippen molar-refractivity contribution < 1.29 is 17.4 Å². The van der Waals surface area contributed by atoms with E-state index in [1.807, 2.05) is 82.3 Å². The lowest BCUT2D eigenvalue weighted by Crippen LogP contribution is -2.23. The number of carbonyl (C=O) groups is 1. The molecule has 4 nitrogen and oxygen atoms in total. The van der Waals surface area contributed by atoms with Gasteiger partial charge in [-0.15, -0.1) is 0 Å². The van der Waals surface area contributed by atoms with Crippen molar-refractivity contribution in [3.8, 4) is 11.1 Å². The maximum absolute atomic E-state index is 13.1. The maximum Gasteiger partial charge on any atom is 0.296 e. The minimum Gasteiger partial charge on any atom is -0.294 e. The number of hydrogen-bond acceptors (Lipinski definition) is 4. The van der Waals surface area contributed by atoms with Crippen LogP contribution < -0.4 is 0 Å². The Kier molecular flexibility index (Phi) is 8.81. The third-order valence-electron chi connectivity index (χ3n) is 6.59. The fourth-order valence-electron chi connectivity index (χ4n) is 4.47. The van der Waals surface area contributed by atoms with Crippen molar-refractivity contribution in [3.05, 3.63) is 90.0 Å². The molecule has 1 saturated carbocycles. The smallest absolute Gasteiger partial charge is 0.294 e. The average molecular weight is 479 g/mol. The predicted octanol–water partition coefficient (Wildman–Crippen LogP) is 6.94. The number of ketones is 1. The van der Waals surface area contributed by atoms with Crippen molar-refractivity contribution >= 4 is 15.9 Å². The number of rotatable bonds is 7. The van der Waals surface area contributed by atoms with E-state index in [1.54, 1.807) is 24.3 Å². The van der Waals surface area contributed by atoms with Gasteiger partial charge in [0.15, 0.2) is 5.78 Å². The van der Waals surface area contributed by atoms with Crippen LogP contribution in [0.2, 0.25) is 0 Å². The molecule has 1 unspecified atom stereocenters. The van der Waals surface area contributed by atoms with Gasteiger partial charge in [0.25, 0.3) is 10.1 Å². The first-order chi connectivity index (χ1) is 16.3. The second-order valence-electron chi connectivity index (χ2n) is 8.66. The van der Waals surface area contributed by atoms with Gasteiger partial charge in [-0.25, -0.2) is 0 Å². The van der Waals surface area contributed by atoms with Gasteiger partial charge in [0.05, 0.1) is 11.5 Å². The summed E-state index contributed by atoms with van der Waals surface area (Å²) in [7, 11) is -3.79. The molecule has 0 spiro atoms. The van der Waals surface area contributed by atoms with E-state index >= 15 is 0 Å². The van der Waals surface area contributed by atoms with Gasteiger partial charge in [0.2, 0.25) is 0 Å². The fraction of sp³-hybridized carbons (Fsp3) is 0.345. The zero-order valence-corrected chi connectivity index (χ0v) is 21.2. The zero-order valence-electron chi connectivity index (χ0n) is 20.4. The zero-order chi connectivity index (χ0) is 24.7. The highest BCUT2D eigenvalue weighted by molar-refractivity contribution is 7.86. The minimum atomic E-state index is -3.79. The van der Waals surface area contributed by atoms with Crippen LogP contribution in [0.25, 0.3) is 11.1 Å². The number of aryl methyl sites for hydroxylation is 1. The summed E-state index contributed by atoms with van der Waals surface area (Å²) in [4.78, 5) is 13.3. The normalized spacial score (nSPS) is 19.8. The van der Waals surface area contributed by atoms with E-state index in [9.17, 15) is 13.2 Å². The summed E-state index contributed by atoms with van der Waals surface area (Å²) in [5, 5.41) is 0. The van der Waals surface area contributed by atoms with Crippen LogP contribution in [0.3, 0.4) is 0 Å². The van der Waals surface area contributed by atoms with Gasteiger partial charge in [-0.2, -0.15) is 8.42 Å². The van der Waals surface area contributed by atoms with Crippen LogP contribution in [-0.4, -0.2) is 20.8 Å². The number of benzene rings is 3. The third kappa shape index (κ3) is 6.02. The molecule has 0 N–H and O–H groups in total. The van der Waals surface area contributed by atoms with Crippen LogP contribution in [0.5, 0.6) is 0 Å². The molecule has 3 aromatic carbocycles. The molecule has 0 aliphatic heterocycles. The van der Waals surface area contributed by atoms with E-state index in [-0.39, 0.29) is 35.0 Å². The third-order valence-corrected chi connectivity index (χ3v) is 7.88. The molecule has 3 atom stereocenters. The molecule has 0 aromatic heterocycles. The molecule has 0 radical (unpaired) electrons. The van der Waals surface area contributed by atoms with Crippen LogP contribution in [0.15, 0.2) is 83.8 Å². The molecular weight excluding hydrogens is 444 g/mol. The Bertz CT molecular complexity index is 1170. The van der Waals surface area contributed by atoms with Crippen LogP contribution >= 0.6 is 0 Å². The van der Waals surface area contributed by atoms with E-state index in [4.69, 9.17) is 4.18 Å². The maximum atomic E-state index is 13.1. The Hall–Kier alpha value is -2.76. The Morgan fingerprint density at radius 3 is 2.06 bits per heavy atom. The van der Waals surface area contributed by atoms with Gasteiger partial charge in [-0.3, -0.25) is 8.98 Å². The fourth-order valence-corrected chi connectivity index (χ4v) is 5.43. The van der Waals surface area contributed by atoms with Gasteiger partial charge < -0.3 is 0 Å². The molecule has 0 heterocycles. The summed E-state index contributed by atoms with van der Waals surface area (Å²) in [6.07, 6.45) is 1.53. The molecule has 4 rings (SSSR count). The highest BCUT2D eigenvalue weighted by Crippen LogP contribution is 2.39. The van der Waals surface area contributed by atoms with Crippen molar-refractivity contribution in [2.45, 2.75) is 45.4 Å². The lowest BCUT2D eigenvalue weighted by Gasteiger charge is -2.20. The molecule has 0 saturated heterocycles. The molecular formula is C29H34O4S. The van der Waals surface area contributed by atoms with Crippen molar-refractivity contribution in [3.63, 3.8) is 0 Å².